The van der Waals surface area contributed by atoms with Crippen LogP contribution >= 0.6 is 0 Å². The van der Waals surface area contributed by atoms with Gasteiger partial charge in [0.15, 0.2) is 24.0 Å². The number of benzene rings is 1. The number of ether oxygens (including phenoxy) is 1. The van der Waals surface area contributed by atoms with E-state index < -0.39 is 41.5 Å². The van der Waals surface area contributed by atoms with Gasteiger partial charge >= 0.3 is 0 Å². The molecule has 0 aliphatic heterocycles. The van der Waals surface area contributed by atoms with Gasteiger partial charge in [0, 0.05) is 12.1 Å². The van der Waals surface area contributed by atoms with Crippen molar-refractivity contribution in [1.29, 1.82) is 0 Å². The van der Waals surface area contributed by atoms with Gasteiger partial charge in [0.25, 0.3) is 5.91 Å². The van der Waals surface area contributed by atoms with Gasteiger partial charge in [-0.25, -0.2) is 8.78 Å². The maximum absolute atomic E-state index is 13.5. The fraction of sp³-hybridized carbons (Fsp3) is 0.588. The van der Waals surface area contributed by atoms with Gasteiger partial charge in [0.2, 0.25) is 11.6 Å². The Bertz CT molecular complexity index is 626. The van der Waals surface area contributed by atoms with Gasteiger partial charge in [0.1, 0.15) is 0 Å². The Balaban J connectivity index is 1.56. The standard InChI is InChI=1S/C17H19F4NO2/c1-8(11-5-9-2-3-10(11)4-9)22-14(23)7-24-17-15(20)12(18)6-13(19)16(17)21/h6,8-11H,2-5,7H2,1H3,(H,22,23)/t8-,9+,10+,11+/m0/s1. The summed E-state index contributed by atoms with van der Waals surface area (Å²) < 4.78 is 57.8. The van der Waals surface area contributed by atoms with Crippen molar-refractivity contribution < 1.29 is 27.1 Å². The zero-order chi connectivity index (χ0) is 17.4. The van der Waals surface area contributed by atoms with Crippen LogP contribution in [0.3, 0.4) is 0 Å². The molecule has 2 fully saturated rings. The molecule has 0 radical (unpaired) electrons. The molecule has 1 aromatic carbocycles. The lowest BCUT2D eigenvalue weighted by Crippen LogP contribution is -2.42. The molecule has 0 saturated heterocycles. The quantitative estimate of drug-likeness (QED) is 0.655. The zero-order valence-corrected chi connectivity index (χ0v) is 13.3. The maximum Gasteiger partial charge on any atom is 0.258 e. The number of fused-ring (bicyclic) bond motifs is 2. The fourth-order valence-corrected chi connectivity index (χ4v) is 4.12. The van der Waals surface area contributed by atoms with E-state index in [0.717, 1.165) is 12.3 Å². The Kier molecular flexibility index (Phi) is 4.69. The topological polar surface area (TPSA) is 38.3 Å². The number of carbonyl (C=O) groups excluding carboxylic acids is 1. The Morgan fingerprint density at radius 1 is 1.21 bits per heavy atom. The maximum atomic E-state index is 13.5. The second-order valence-corrected chi connectivity index (χ2v) is 6.78. The Morgan fingerprint density at radius 2 is 1.88 bits per heavy atom. The third-order valence-corrected chi connectivity index (χ3v) is 5.24. The van der Waals surface area contributed by atoms with Gasteiger partial charge in [-0.05, 0) is 43.9 Å². The molecule has 0 heterocycles. The predicted molar refractivity (Wildman–Crippen MR) is 78.3 cm³/mol. The summed E-state index contributed by atoms with van der Waals surface area (Å²) in [6, 6.07) is 0.0183. The molecule has 1 N–H and O–H groups in total. The number of hydrogen-bond acceptors (Lipinski definition) is 2. The summed E-state index contributed by atoms with van der Waals surface area (Å²) in [5.41, 5.74) is 0. The summed E-state index contributed by atoms with van der Waals surface area (Å²) in [4.78, 5) is 11.9. The van der Waals surface area contributed by atoms with Crippen molar-refractivity contribution in [1.82, 2.24) is 5.32 Å². The number of hydrogen-bond donors (Lipinski definition) is 1. The Hall–Kier alpha value is -1.79. The van der Waals surface area contributed by atoms with E-state index in [1.807, 2.05) is 6.92 Å². The molecule has 132 valence electrons. The van der Waals surface area contributed by atoms with Crippen molar-refractivity contribution in [3.8, 4) is 5.75 Å². The van der Waals surface area contributed by atoms with Crippen molar-refractivity contribution in [2.24, 2.45) is 17.8 Å². The minimum atomic E-state index is -1.65. The van der Waals surface area contributed by atoms with Gasteiger partial charge in [-0.3, -0.25) is 4.79 Å². The van der Waals surface area contributed by atoms with E-state index in [1.54, 1.807) is 0 Å². The number of nitrogens with one attached hydrogen (secondary N) is 1. The van der Waals surface area contributed by atoms with Crippen LogP contribution in [0.25, 0.3) is 0 Å². The van der Waals surface area contributed by atoms with Crippen LogP contribution in [0.15, 0.2) is 6.07 Å². The highest BCUT2D eigenvalue weighted by Gasteiger charge is 2.42. The van der Waals surface area contributed by atoms with Gasteiger partial charge in [-0.2, -0.15) is 8.78 Å². The van der Waals surface area contributed by atoms with E-state index in [4.69, 9.17) is 0 Å². The molecule has 2 bridgehead atoms. The molecule has 2 aliphatic carbocycles. The lowest BCUT2D eigenvalue weighted by Gasteiger charge is -2.28. The summed E-state index contributed by atoms with van der Waals surface area (Å²) in [6.45, 7) is 1.19. The highest BCUT2D eigenvalue weighted by Crippen LogP contribution is 2.49. The third kappa shape index (κ3) is 3.21. The predicted octanol–water partition coefficient (Wildman–Crippen LogP) is 3.56. The highest BCUT2D eigenvalue weighted by atomic mass is 19.2. The van der Waals surface area contributed by atoms with Crippen molar-refractivity contribution in [3.63, 3.8) is 0 Å². The molecule has 24 heavy (non-hydrogen) atoms. The molecule has 1 aromatic rings. The second kappa shape index (κ2) is 6.61. The third-order valence-electron chi connectivity index (χ3n) is 5.24. The molecular formula is C17H19F4NO2. The SMILES string of the molecule is C[C@H](NC(=O)COc1c(F)c(F)cc(F)c1F)[C@H]1C[C@@H]2CC[C@@H]1C2. The van der Waals surface area contributed by atoms with E-state index in [0.29, 0.717) is 11.8 Å². The van der Waals surface area contributed by atoms with Crippen LogP contribution in [0.1, 0.15) is 32.6 Å². The van der Waals surface area contributed by atoms with Crippen molar-refractivity contribution in [2.75, 3.05) is 6.61 Å². The van der Waals surface area contributed by atoms with Crippen LogP contribution in [0.5, 0.6) is 5.75 Å². The van der Waals surface area contributed by atoms with E-state index in [9.17, 15) is 22.4 Å². The summed E-state index contributed by atoms with van der Waals surface area (Å²) in [7, 11) is 0. The molecule has 2 aliphatic rings. The lowest BCUT2D eigenvalue weighted by atomic mass is 9.84. The summed E-state index contributed by atoms with van der Waals surface area (Å²) in [5, 5.41) is 2.75. The largest absolute Gasteiger partial charge is 0.477 e. The van der Waals surface area contributed by atoms with Crippen molar-refractivity contribution in [2.45, 2.75) is 38.6 Å². The van der Waals surface area contributed by atoms with E-state index in [-0.39, 0.29) is 12.1 Å². The molecule has 3 nitrogen and oxygen atoms in total. The molecule has 4 atom stereocenters. The van der Waals surface area contributed by atoms with E-state index in [1.165, 1.54) is 19.3 Å². The monoisotopic (exact) mass is 345 g/mol. The minimum Gasteiger partial charge on any atom is -0.477 e. The molecule has 7 heteroatoms. The highest BCUT2D eigenvalue weighted by molar-refractivity contribution is 5.77. The summed E-state index contributed by atoms with van der Waals surface area (Å²) in [5.74, 6) is -6.49. The van der Waals surface area contributed by atoms with Gasteiger partial charge < -0.3 is 10.1 Å². The van der Waals surface area contributed by atoms with Crippen LogP contribution in [0.4, 0.5) is 17.6 Å². The van der Waals surface area contributed by atoms with Crippen LogP contribution < -0.4 is 10.1 Å². The first kappa shape index (κ1) is 17.0. The number of amides is 1. The molecule has 2 saturated carbocycles. The van der Waals surface area contributed by atoms with Crippen LogP contribution in [-0.2, 0) is 4.79 Å². The first-order chi connectivity index (χ1) is 11.4. The van der Waals surface area contributed by atoms with Crippen LogP contribution in [0, 0.1) is 41.0 Å². The molecule has 3 rings (SSSR count). The molecule has 1 amide bonds. The first-order valence-corrected chi connectivity index (χ1v) is 8.12. The van der Waals surface area contributed by atoms with Crippen LogP contribution in [0.2, 0.25) is 0 Å². The smallest absolute Gasteiger partial charge is 0.258 e. The lowest BCUT2D eigenvalue weighted by molar-refractivity contribution is -0.124. The normalized spacial score (nSPS) is 26.5. The molecular weight excluding hydrogens is 326 g/mol. The second-order valence-electron chi connectivity index (χ2n) is 6.78. The molecule has 0 aromatic heterocycles. The van der Waals surface area contributed by atoms with Crippen molar-refractivity contribution >= 4 is 5.91 Å². The van der Waals surface area contributed by atoms with Gasteiger partial charge in [-0.1, -0.05) is 6.42 Å². The first-order valence-electron chi connectivity index (χ1n) is 8.12. The van der Waals surface area contributed by atoms with E-state index in [2.05, 4.69) is 10.1 Å². The average molecular weight is 345 g/mol. The molecule has 0 unspecified atom stereocenters. The summed E-state index contributed by atoms with van der Waals surface area (Å²) in [6.07, 6.45) is 4.69. The number of rotatable bonds is 5. The Labute approximate surface area is 137 Å². The van der Waals surface area contributed by atoms with E-state index >= 15 is 0 Å². The van der Waals surface area contributed by atoms with Gasteiger partial charge in [-0.15, -0.1) is 0 Å². The van der Waals surface area contributed by atoms with Crippen LogP contribution in [-0.4, -0.2) is 18.6 Å². The Morgan fingerprint density at radius 3 is 2.42 bits per heavy atom. The van der Waals surface area contributed by atoms with Crippen molar-refractivity contribution in [3.05, 3.63) is 29.3 Å². The number of halogens is 4. The summed E-state index contributed by atoms with van der Waals surface area (Å²) >= 11 is 0. The fourth-order valence-electron chi connectivity index (χ4n) is 4.12. The molecule has 0 spiro atoms. The minimum absolute atomic E-state index is 0.0738. The average Bonchev–Trinajstić information content (AvgIpc) is 3.16. The zero-order valence-electron chi connectivity index (χ0n) is 13.3. The number of carbonyl (C=O) groups is 1. The van der Waals surface area contributed by atoms with Gasteiger partial charge in [0.05, 0.1) is 0 Å².